The maximum atomic E-state index is 10.0. The van der Waals surface area contributed by atoms with Crippen molar-refractivity contribution in [3.8, 4) is 11.5 Å². The second kappa shape index (κ2) is 6.06. The molecule has 3 nitrogen and oxygen atoms in total. The second-order valence-corrected chi connectivity index (χ2v) is 5.10. The van der Waals surface area contributed by atoms with Crippen molar-refractivity contribution in [2.24, 2.45) is 0 Å². The fourth-order valence-electron chi connectivity index (χ4n) is 2.20. The van der Waals surface area contributed by atoms with Crippen LogP contribution in [0.2, 0.25) is 5.02 Å². The zero-order valence-corrected chi connectivity index (χ0v) is 12.6. The van der Waals surface area contributed by atoms with Crippen LogP contribution >= 0.6 is 11.6 Å². The zero-order chi connectivity index (χ0) is 14.7. The highest BCUT2D eigenvalue weighted by Gasteiger charge is 2.18. The van der Waals surface area contributed by atoms with Crippen LogP contribution in [0.15, 0.2) is 42.5 Å². The maximum Gasteiger partial charge on any atom is 0.142 e. The first-order valence-corrected chi connectivity index (χ1v) is 6.76. The number of hydrogen-bond acceptors (Lipinski definition) is 3. The Kier molecular flexibility index (Phi) is 4.40. The fraction of sp³-hybridized carbons (Fsp3) is 0.250. The molecule has 0 aromatic heterocycles. The van der Waals surface area contributed by atoms with Crippen LogP contribution in [0.25, 0.3) is 0 Å². The van der Waals surface area contributed by atoms with Gasteiger partial charge in [-0.05, 0) is 37.3 Å². The lowest BCUT2D eigenvalue weighted by molar-refractivity contribution is 0.413. The van der Waals surface area contributed by atoms with E-state index in [4.69, 9.17) is 16.3 Å². The monoisotopic (exact) mass is 291 g/mol. The lowest BCUT2D eigenvalue weighted by Gasteiger charge is -2.29. The molecule has 4 heteroatoms. The average Bonchev–Trinajstić information content (AvgIpc) is 2.48. The first kappa shape index (κ1) is 14.5. The predicted octanol–water partition coefficient (Wildman–Crippen LogP) is 4.25. The van der Waals surface area contributed by atoms with Crippen molar-refractivity contribution >= 4 is 17.3 Å². The van der Waals surface area contributed by atoms with Crippen molar-refractivity contribution in [1.82, 2.24) is 0 Å². The third-order valence-electron chi connectivity index (χ3n) is 3.49. The summed E-state index contributed by atoms with van der Waals surface area (Å²) in [5, 5.41) is 10.6. The number of para-hydroxylation sites is 2. The molecular formula is C16H18ClNO2. The minimum atomic E-state index is -0.0370. The van der Waals surface area contributed by atoms with Crippen molar-refractivity contribution in [3.05, 3.63) is 53.1 Å². The van der Waals surface area contributed by atoms with Gasteiger partial charge in [0.05, 0.1) is 18.8 Å². The number of phenolic OH excluding ortho intramolecular Hbond substituents is 1. The van der Waals surface area contributed by atoms with E-state index >= 15 is 0 Å². The third kappa shape index (κ3) is 2.83. The van der Waals surface area contributed by atoms with Crippen molar-refractivity contribution in [2.45, 2.75) is 13.0 Å². The van der Waals surface area contributed by atoms with Crippen LogP contribution in [0.3, 0.4) is 0 Å². The topological polar surface area (TPSA) is 32.7 Å². The summed E-state index contributed by atoms with van der Waals surface area (Å²) in [6.07, 6.45) is 0. The van der Waals surface area contributed by atoms with Gasteiger partial charge in [-0.3, -0.25) is 0 Å². The highest BCUT2D eigenvalue weighted by molar-refractivity contribution is 6.30. The predicted molar refractivity (Wildman–Crippen MR) is 82.9 cm³/mol. The van der Waals surface area contributed by atoms with E-state index in [1.165, 1.54) is 0 Å². The minimum Gasteiger partial charge on any atom is -0.508 e. The van der Waals surface area contributed by atoms with Gasteiger partial charge < -0.3 is 14.7 Å². The molecule has 0 spiro atoms. The van der Waals surface area contributed by atoms with Gasteiger partial charge in [-0.2, -0.15) is 0 Å². The molecule has 106 valence electrons. The summed E-state index contributed by atoms with van der Waals surface area (Å²) in [6, 6.07) is 12.8. The molecule has 1 N–H and O–H groups in total. The molecule has 2 aromatic carbocycles. The van der Waals surface area contributed by atoms with Gasteiger partial charge >= 0.3 is 0 Å². The lowest BCUT2D eigenvalue weighted by Crippen LogP contribution is -2.22. The van der Waals surface area contributed by atoms with Crippen LogP contribution in [0, 0.1) is 0 Å². The van der Waals surface area contributed by atoms with Crippen LogP contribution in [0.5, 0.6) is 11.5 Å². The van der Waals surface area contributed by atoms with Gasteiger partial charge in [0.1, 0.15) is 11.5 Å². The highest BCUT2D eigenvalue weighted by atomic mass is 35.5. The maximum absolute atomic E-state index is 10.0. The molecule has 2 aromatic rings. The van der Waals surface area contributed by atoms with Crippen molar-refractivity contribution in [1.29, 1.82) is 0 Å². The number of anilines is 1. The van der Waals surface area contributed by atoms with Crippen LogP contribution in [-0.2, 0) is 0 Å². The Morgan fingerprint density at radius 1 is 1.20 bits per heavy atom. The second-order valence-electron chi connectivity index (χ2n) is 4.66. The fourth-order valence-corrected chi connectivity index (χ4v) is 2.38. The summed E-state index contributed by atoms with van der Waals surface area (Å²) in [4.78, 5) is 2.05. The van der Waals surface area contributed by atoms with Crippen LogP contribution < -0.4 is 9.64 Å². The number of halogens is 1. The lowest BCUT2D eigenvalue weighted by atomic mass is 10.1. The molecule has 2 rings (SSSR count). The normalized spacial score (nSPS) is 12.0. The van der Waals surface area contributed by atoms with Gasteiger partial charge in [0, 0.05) is 17.6 Å². The summed E-state index contributed by atoms with van der Waals surface area (Å²) in [5.74, 6) is 1.03. The standard InChI is InChI=1S/C16H18ClNO2/c1-11(13-10-12(17)8-9-15(13)19)18(2)14-6-4-5-7-16(14)20-3/h4-11,19H,1-3H3. The molecule has 0 aliphatic rings. The molecule has 0 aliphatic heterocycles. The van der Waals surface area contributed by atoms with Gasteiger partial charge in [0.2, 0.25) is 0 Å². The first-order valence-electron chi connectivity index (χ1n) is 6.39. The van der Waals surface area contributed by atoms with E-state index in [9.17, 15) is 5.11 Å². The number of methoxy groups -OCH3 is 1. The number of ether oxygens (including phenoxy) is 1. The van der Waals surface area contributed by atoms with Gasteiger partial charge in [-0.1, -0.05) is 23.7 Å². The molecule has 0 saturated heterocycles. The van der Waals surface area contributed by atoms with Crippen molar-refractivity contribution in [3.63, 3.8) is 0 Å². The van der Waals surface area contributed by atoms with E-state index in [1.807, 2.05) is 43.1 Å². The number of aromatic hydroxyl groups is 1. The Balaban J connectivity index is 2.37. The Morgan fingerprint density at radius 3 is 2.60 bits per heavy atom. The molecule has 0 bridgehead atoms. The molecule has 0 saturated carbocycles. The number of phenols is 1. The Morgan fingerprint density at radius 2 is 1.90 bits per heavy atom. The van der Waals surface area contributed by atoms with Gasteiger partial charge in [0.15, 0.2) is 0 Å². The number of benzene rings is 2. The SMILES string of the molecule is COc1ccccc1N(C)C(C)c1cc(Cl)ccc1O. The third-order valence-corrected chi connectivity index (χ3v) is 3.72. The van der Waals surface area contributed by atoms with Crippen LogP contribution in [-0.4, -0.2) is 19.3 Å². The number of nitrogens with zero attached hydrogens (tertiary/aromatic N) is 1. The molecule has 20 heavy (non-hydrogen) atoms. The van der Waals surface area contributed by atoms with E-state index in [0.717, 1.165) is 17.0 Å². The van der Waals surface area contributed by atoms with E-state index in [2.05, 4.69) is 0 Å². The summed E-state index contributed by atoms with van der Waals surface area (Å²) in [6.45, 7) is 2.01. The molecule has 0 aliphatic carbocycles. The Bertz CT molecular complexity index is 601. The summed E-state index contributed by atoms with van der Waals surface area (Å²) >= 11 is 6.02. The van der Waals surface area contributed by atoms with Crippen LogP contribution in [0.4, 0.5) is 5.69 Å². The first-order chi connectivity index (χ1) is 9.54. The Labute approximate surface area is 124 Å². The molecule has 1 unspecified atom stereocenters. The molecule has 0 fully saturated rings. The number of hydrogen-bond donors (Lipinski definition) is 1. The van der Waals surface area contributed by atoms with E-state index in [-0.39, 0.29) is 11.8 Å². The van der Waals surface area contributed by atoms with E-state index < -0.39 is 0 Å². The largest absolute Gasteiger partial charge is 0.508 e. The zero-order valence-electron chi connectivity index (χ0n) is 11.8. The molecule has 0 amide bonds. The quantitative estimate of drug-likeness (QED) is 0.914. The summed E-state index contributed by atoms with van der Waals surface area (Å²) < 4.78 is 5.38. The molecular weight excluding hydrogens is 274 g/mol. The Hall–Kier alpha value is -1.87. The van der Waals surface area contributed by atoms with Gasteiger partial charge in [0.25, 0.3) is 0 Å². The van der Waals surface area contributed by atoms with Gasteiger partial charge in [-0.15, -0.1) is 0 Å². The average molecular weight is 292 g/mol. The molecule has 0 radical (unpaired) electrons. The van der Waals surface area contributed by atoms with E-state index in [0.29, 0.717) is 5.02 Å². The summed E-state index contributed by atoms with van der Waals surface area (Å²) in [5.41, 5.74) is 1.74. The highest BCUT2D eigenvalue weighted by Crippen LogP contribution is 2.36. The summed E-state index contributed by atoms with van der Waals surface area (Å²) in [7, 11) is 3.61. The van der Waals surface area contributed by atoms with E-state index in [1.54, 1.807) is 25.3 Å². The van der Waals surface area contributed by atoms with Crippen molar-refractivity contribution in [2.75, 3.05) is 19.1 Å². The molecule has 1 atom stereocenters. The molecule has 0 heterocycles. The number of rotatable bonds is 4. The van der Waals surface area contributed by atoms with Crippen molar-refractivity contribution < 1.29 is 9.84 Å². The minimum absolute atomic E-state index is 0.0370. The smallest absolute Gasteiger partial charge is 0.142 e. The van der Waals surface area contributed by atoms with Crippen LogP contribution in [0.1, 0.15) is 18.5 Å². The van der Waals surface area contributed by atoms with Gasteiger partial charge in [-0.25, -0.2) is 0 Å².